The van der Waals surface area contributed by atoms with Crippen molar-refractivity contribution in [3.05, 3.63) is 107 Å². The zero-order chi connectivity index (χ0) is 24.8. The highest BCUT2D eigenvalue weighted by Gasteiger charge is 2.38. The molecule has 176 valence electrons. The molecule has 0 spiro atoms. The normalized spacial score (nSPS) is 16.3. The average molecular weight is 458 g/mol. The van der Waals surface area contributed by atoms with Crippen LogP contribution in [0.2, 0.25) is 0 Å². The van der Waals surface area contributed by atoms with Crippen LogP contribution in [0.15, 0.2) is 84.9 Å². The molecule has 0 bridgehead atoms. The van der Waals surface area contributed by atoms with Crippen LogP contribution in [0.1, 0.15) is 70.7 Å². The number of anilines is 2. The smallest absolute Gasteiger partial charge is 0.0419 e. The number of rotatable bonds is 2. The van der Waals surface area contributed by atoms with Crippen molar-refractivity contribution in [1.29, 1.82) is 0 Å². The van der Waals surface area contributed by atoms with E-state index in [9.17, 15) is 0 Å². The van der Waals surface area contributed by atoms with Gasteiger partial charge in [0.1, 0.15) is 0 Å². The van der Waals surface area contributed by atoms with Crippen LogP contribution in [0.5, 0.6) is 0 Å². The highest BCUT2D eigenvalue weighted by Crippen LogP contribution is 2.52. The number of nitrogens with zero attached hydrogens (tertiary/aromatic N) is 1. The lowest BCUT2D eigenvalue weighted by Crippen LogP contribution is -2.38. The van der Waals surface area contributed by atoms with E-state index in [0.717, 1.165) is 0 Å². The molecule has 0 radical (unpaired) electrons. The van der Waals surface area contributed by atoms with Crippen LogP contribution >= 0.6 is 0 Å². The van der Waals surface area contributed by atoms with Gasteiger partial charge in [0.05, 0.1) is 0 Å². The van der Waals surface area contributed by atoms with Crippen LogP contribution in [-0.4, -0.2) is 5.54 Å². The summed E-state index contributed by atoms with van der Waals surface area (Å²) in [6.07, 6.45) is 0. The molecule has 0 heterocycles. The lowest BCUT2D eigenvalue weighted by Gasteiger charge is -2.39. The van der Waals surface area contributed by atoms with Crippen LogP contribution in [0, 0.1) is 0 Å². The maximum absolute atomic E-state index is 2.52. The van der Waals surface area contributed by atoms with Gasteiger partial charge < -0.3 is 4.90 Å². The van der Waals surface area contributed by atoms with Crippen LogP contribution in [0.4, 0.5) is 11.4 Å². The summed E-state index contributed by atoms with van der Waals surface area (Å²) in [6, 6.07) is 31.9. The number of benzene rings is 4. The van der Waals surface area contributed by atoms with E-state index in [4.69, 9.17) is 0 Å². The van der Waals surface area contributed by atoms with Crippen LogP contribution in [0.25, 0.3) is 22.3 Å². The summed E-state index contributed by atoms with van der Waals surface area (Å²) in [5.41, 5.74) is 13.6. The molecule has 0 saturated carbocycles. The van der Waals surface area contributed by atoms with E-state index in [0.29, 0.717) is 0 Å². The highest BCUT2D eigenvalue weighted by molar-refractivity contribution is 5.86. The molecule has 0 atom stereocenters. The lowest BCUT2D eigenvalue weighted by atomic mass is 9.81. The van der Waals surface area contributed by atoms with E-state index in [2.05, 4.69) is 138 Å². The van der Waals surface area contributed by atoms with E-state index in [-0.39, 0.29) is 16.4 Å². The summed E-state index contributed by atoms with van der Waals surface area (Å²) in [5.74, 6) is 0. The van der Waals surface area contributed by atoms with Gasteiger partial charge in [-0.2, -0.15) is 0 Å². The molecular formula is C34H35N. The summed E-state index contributed by atoms with van der Waals surface area (Å²) < 4.78 is 0. The molecule has 2 aliphatic carbocycles. The number of fused-ring (bicyclic) bond motifs is 6. The van der Waals surface area contributed by atoms with Crippen molar-refractivity contribution in [3.8, 4) is 22.3 Å². The minimum atomic E-state index is -0.0757. The summed E-state index contributed by atoms with van der Waals surface area (Å²) in [4.78, 5) is 2.52. The molecule has 1 heteroatoms. The highest BCUT2D eigenvalue weighted by atomic mass is 15.2. The van der Waals surface area contributed by atoms with Crippen molar-refractivity contribution >= 4 is 11.4 Å². The molecule has 6 rings (SSSR count). The van der Waals surface area contributed by atoms with Crippen LogP contribution < -0.4 is 4.90 Å². The molecule has 4 aromatic carbocycles. The van der Waals surface area contributed by atoms with Crippen molar-refractivity contribution in [2.75, 3.05) is 4.90 Å². The van der Waals surface area contributed by atoms with Crippen molar-refractivity contribution in [2.24, 2.45) is 0 Å². The van der Waals surface area contributed by atoms with Gasteiger partial charge in [-0.3, -0.25) is 0 Å². The minimum Gasteiger partial charge on any atom is -0.336 e. The number of hydrogen-bond donors (Lipinski definition) is 0. The molecule has 0 amide bonds. The third-order valence-electron chi connectivity index (χ3n) is 8.32. The van der Waals surface area contributed by atoms with Crippen LogP contribution in [0.3, 0.4) is 0 Å². The lowest BCUT2D eigenvalue weighted by molar-refractivity contribution is 0.558. The standard InChI is InChI=1S/C34H35N/c1-32(2,3)35(22-16-18-26-24-12-8-10-14-28(24)33(4,5)30(26)20-22)23-17-19-27-25-13-9-11-15-29(25)34(6,7)31(27)21-23/h8-21H,1-7H3. The van der Waals surface area contributed by atoms with Gasteiger partial charge in [0.15, 0.2) is 0 Å². The monoisotopic (exact) mass is 457 g/mol. The Morgan fingerprint density at radius 1 is 0.486 bits per heavy atom. The minimum absolute atomic E-state index is 0.00688. The molecular weight excluding hydrogens is 422 g/mol. The van der Waals surface area contributed by atoms with Crippen LogP contribution in [-0.2, 0) is 10.8 Å². The quantitative estimate of drug-likeness (QED) is 0.290. The first kappa shape index (κ1) is 22.2. The van der Waals surface area contributed by atoms with Crippen molar-refractivity contribution in [3.63, 3.8) is 0 Å². The van der Waals surface area contributed by atoms with Crippen molar-refractivity contribution in [2.45, 2.75) is 64.8 Å². The maximum Gasteiger partial charge on any atom is 0.0419 e. The predicted molar refractivity (Wildman–Crippen MR) is 150 cm³/mol. The Kier molecular flexibility index (Phi) is 4.50. The zero-order valence-electron chi connectivity index (χ0n) is 22.0. The van der Waals surface area contributed by atoms with Gasteiger partial charge in [0.25, 0.3) is 0 Å². The maximum atomic E-state index is 2.52. The SMILES string of the molecule is CC1(C)c2ccccc2-c2ccc(N(c3ccc4c(c3)C(C)(C)c3ccccc3-4)C(C)(C)C)cc21. The van der Waals surface area contributed by atoms with Gasteiger partial charge in [-0.1, -0.05) is 88.4 Å². The molecule has 0 aromatic heterocycles. The predicted octanol–water partition coefficient (Wildman–Crippen LogP) is 9.24. The van der Waals surface area contributed by atoms with E-state index >= 15 is 0 Å². The molecule has 0 aliphatic heterocycles. The fraction of sp³-hybridized carbons (Fsp3) is 0.294. The Labute approximate surface area is 210 Å². The second-order valence-electron chi connectivity index (χ2n) is 12.3. The Hall–Kier alpha value is -3.32. The first-order valence-electron chi connectivity index (χ1n) is 12.8. The third-order valence-corrected chi connectivity index (χ3v) is 8.32. The topological polar surface area (TPSA) is 3.24 Å². The summed E-state index contributed by atoms with van der Waals surface area (Å²) in [7, 11) is 0. The van der Waals surface area contributed by atoms with Gasteiger partial charge in [-0.25, -0.2) is 0 Å². The van der Waals surface area contributed by atoms with Gasteiger partial charge in [0.2, 0.25) is 0 Å². The molecule has 35 heavy (non-hydrogen) atoms. The summed E-state index contributed by atoms with van der Waals surface area (Å²) in [6.45, 7) is 16.4. The molecule has 1 nitrogen and oxygen atoms in total. The fourth-order valence-corrected chi connectivity index (χ4v) is 6.59. The van der Waals surface area contributed by atoms with Crippen molar-refractivity contribution < 1.29 is 0 Å². The van der Waals surface area contributed by atoms with E-state index in [1.165, 1.54) is 55.9 Å². The Bertz CT molecular complexity index is 1370. The average Bonchev–Trinajstić information content (AvgIpc) is 3.18. The first-order chi connectivity index (χ1) is 16.5. The molecule has 0 saturated heterocycles. The second-order valence-corrected chi connectivity index (χ2v) is 12.3. The van der Waals surface area contributed by atoms with E-state index < -0.39 is 0 Å². The zero-order valence-corrected chi connectivity index (χ0v) is 22.0. The largest absolute Gasteiger partial charge is 0.336 e. The summed E-state index contributed by atoms with van der Waals surface area (Å²) in [5, 5.41) is 0. The Balaban J connectivity index is 1.51. The first-order valence-corrected chi connectivity index (χ1v) is 12.8. The molecule has 0 N–H and O–H groups in total. The molecule has 0 fully saturated rings. The van der Waals surface area contributed by atoms with Gasteiger partial charge in [0, 0.05) is 27.7 Å². The van der Waals surface area contributed by atoms with E-state index in [1.54, 1.807) is 0 Å². The van der Waals surface area contributed by atoms with Gasteiger partial charge in [-0.15, -0.1) is 0 Å². The molecule has 2 aliphatic rings. The van der Waals surface area contributed by atoms with Crippen molar-refractivity contribution in [1.82, 2.24) is 0 Å². The summed E-state index contributed by atoms with van der Waals surface area (Å²) >= 11 is 0. The second kappa shape index (κ2) is 7.10. The number of hydrogen-bond acceptors (Lipinski definition) is 1. The van der Waals surface area contributed by atoms with Gasteiger partial charge in [-0.05, 0) is 89.5 Å². The van der Waals surface area contributed by atoms with Gasteiger partial charge >= 0.3 is 0 Å². The van der Waals surface area contributed by atoms with E-state index in [1.807, 2.05) is 0 Å². The molecule has 0 unspecified atom stereocenters. The Morgan fingerprint density at radius 2 is 0.857 bits per heavy atom. The fourth-order valence-electron chi connectivity index (χ4n) is 6.59. The Morgan fingerprint density at radius 3 is 1.26 bits per heavy atom. The third kappa shape index (κ3) is 3.07. The molecule has 4 aromatic rings.